The van der Waals surface area contributed by atoms with E-state index in [1.54, 1.807) is 31.2 Å². The molecule has 0 radical (unpaired) electrons. The molecule has 98 valence electrons. The van der Waals surface area contributed by atoms with E-state index in [0.29, 0.717) is 10.7 Å². The number of hydrogen-bond donors (Lipinski definition) is 4. The van der Waals surface area contributed by atoms with Crippen molar-refractivity contribution >= 4 is 29.2 Å². The molecule has 0 bridgehead atoms. The zero-order chi connectivity index (χ0) is 13.5. The van der Waals surface area contributed by atoms with Gasteiger partial charge in [0.15, 0.2) is 0 Å². The van der Waals surface area contributed by atoms with Crippen LogP contribution in [0.3, 0.4) is 0 Å². The Morgan fingerprint density at radius 1 is 1.50 bits per heavy atom. The summed E-state index contributed by atoms with van der Waals surface area (Å²) in [6.45, 7) is 2.01. The van der Waals surface area contributed by atoms with E-state index in [4.69, 9.17) is 22.5 Å². The number of rotatable bonds is 4. The van der Waals surface area contributed by atoms with E-state index in [1.165, 1.54) is 0 Å². The van der Waals surface area contributed by atoms with Crippen LogP contribution in [0.2, 0.25) is 5.02 Å². The van der Waals surface area contributed by atoms with Gasteiger partial charge in [0.2, 0.25) is 0 Å². The molecule has 0 heterocycles. The Kier molecular flexibility index (Phi) is 5.26. The van der Waals surface area contributed by atoms with Gasteiger partial charge < -0.3 is 21.6 Å². The Morgan fingerprint density at radius 2 is 2.11 bits per heavy atom. The Morgan fingerprint density at radius 3 is 2.67 bits per heavy atom. The second kappa shape index (κ2) is 6.70. The molecule has 1 atom stereocenters. The fraction of sp³-hybridized carbons (Fsp3) is 0.273. The van der Waals surface area contributed by atoms with Crippen LogP contribution >= 0.6 is 11.6 Å². The van der Waals surface area contributed by atoms with Gasteiger partial charge in [-0.05, 0) is 24.3 Å². The van der Waals surface area contributed by atoms with Gasteiger partial charge in [0.1, 0.15) is 5.84 Å². The average molecular weight is 271 g/mol. The van der Waals surface area contributed by atoms with Gasteiger partial charge in [-0.3, -0.25) is 0 Å². The lowest BCUT2D eigenvalue weighted by molar-refractivity contribution is 0.251. The largest absolute Gasteiger partial charge is 0.409 e. The number of amides is 2. The highest BCUT2D eigenvalue weighted by atomic mass is 35.5. The van der Waals surface area contributed by atoms with E-state index >= 15 is 0 Å². The standard InChI is InChI=1S/C11H15ClN4O2/c1-7(10(13)16-18)6-14-11(17)15-9-4-2-8(12)3-5-9/h2-5,7,18H,6H2,1H3,(H2,13,16)(H2,14,15,17). The summed E-state index contributed by atoms with van der Waals surface area (Å²) in [5.41, 5.74) is 6.02. The normalized spacial score (nSPS) is 12.9. The predicted molar refractivity (Wildman–Crippen MR) is 71.0 cm³/mol. The smallest absolute Gasteiger partial charge is 0.319 e. The summed E-state index contributed by atoms with van der Waals surface area (Å²) in [5.74, 6) is -0.173. The molecule has 2 amide bonds. The maximum atomic E-state index is 11.5. The molecule has 0 aliphatic heterocycles. The quantitative estimate of drug-likeness (QED) is 0.291. The van der Waals surface area contributed by atoms with Crippen molar-refractivity contribution in [3.8, 4) is 0 Å². The number of nitrogens with zero attached hydrogens (tertiary/aromatic N) is 1. The molecule has 18 heavy (non-hydrogen) atoms. The number of amidine groups is 1. The summed E-state index contributed by atoms with van der Waals surface area (Å²) >= 11 is 5.72. The number of halogens is 1. The van der Waals surface area contributed by atoms with Crippen molar-refractivity contribution in [3.05, 3.63) is 29.3 Å². The Hall–Kier alpha value is -1.95. The lowest BCUT2D eigenvalue weighted by atomic mass is 10.1. The second-order valence-corrected chi connectivity index (χ2v) is 4.20. The highest BCUT2D eigenvalue weighted by Crippen LogP contribution is 2.12. The molecule has 0 spiro atoms. The second-order valence-electron chi connectivity index (χ2n) is 3.77. The maximum Gasteiger partial charge on any atom is 0.319 e. The molecule has 0 aliphatic rings. The van der Waals surface area contributed by atoms with Crippen LogP contribution in [0.5, 0.6) is 0 Å². The lowest BCUT2D eigenvalue weighted by Gasteiger charge is -2.11. The molecule has 1 aromatic rings. The first-order chi connectivity index (χ1) is 8.52. The van der Waals surface area contributed by atoms with Gasteiger partial charge in [0.25, 0.3) is 0 Å². The molecule has 0 saturated heterocycles. The number of benzene rings is 1. The minimum absolute atomic E-state index is 0.0711. The maximum absolute atomic E-state index is 11.5. The first-order valence-electron chi connectivity index (χ1n) is 5.30. The van der Waals surface area contributed by atoms with Gasteiger partial charge in [-0.1, -0.05) is 23.7 Å². The SMILES string of the molecule is CC(CNC(=O)Nc1ccc(Cl)cc1)C(N)=NO. The van der Waals surface area contributed by atoms with Crippen LogP contribution in [0, 0.1) is 5.92 Å². The number of urea groups is 1. The predicted octanol–water partition coefficient (Wildman–Crippen LogP) is 1.84. The Labute approximate surface area is 110 Å². The number of carbonyl (C=O) groups is 1. The first-order valence-corrected chi connectivity index (χ1v) is 5.68. The molecule has 7 heteroatoms. The topological polar surface area (TPSA) is 99.7 Å². The van der Waals surface area contributed by atoms with Gasteiger partial charge in [-0.25, -0.2) is 4.79 Å². The van der Waals surface area contributed by atoms with Crippen LogP contribution in [0.15, 0.2) is 29.4 Å². The van der Waals surface area contributed by atoms with Gasteiger partial charge >= 0.3 is 6.03 Å². The number of nitrogens with two attached hydrogens (primary N) is 1. The van der Waals surface area contributed by atoms with Crippen LogP contribution in [0.1, 0.15) is 6.92 Å². The number of carbonyl (C=O) groups excluding carboxylic acids is 1. The number of anilines is 1. The van der Waals surface area contributed by atoms with Crippen molar-refractivity contribution in [1.82, 2.24) is 5.32 Å². The van der Waals surface area contributed by atoms with Crippen molar-refractivity contribution < 1.29 is 10.0 Å². The van der Waals surface area contributed by atoms with Crippen molar-refractivity contribution in [2.75, 3.05) is 11.9 Å². The van der Waals surface area contributed by atoms with E-state index in [1.807, 2.05) is 0 Å². The van der Waals surface area contributed by atoms with Gasteiger partial charge in [0, 0.05) is 23.2 Å². The van der Waals surface area contributed by atoms with Crippen molar-refractivity contribution in [2.24, 2.45) is 16.8 Å². The Balaban J connectivity index is 2.40. The molecule has 1 aromatic carbocycles. The third-order valence-corrected chi connectivity index (χ3v) is 2.54. The molecule has 0 aromatic heterocycles. The van der Waals surface area contributed by atoms with E-state index in [0.717, 1.165) is 0 Å². The zero-order valence-electron chi connectivity index (χ0n) is 9.85. The molecule has 1 rings (SSSR count). The summed E-state index contributed by atoms with van der Waals surface area (Å²) in [5, 5.41) is 17.2. The summed E-state index contributed by atoms with van der Waals surface area (Å²) in [6, 6.07) is 6.37. The minimum Gasteiger partial charge on any atom is -0.409 e. The molecule has 0 aliphatic carbocycles. The summed E-state index contributed by atoms with van der Waals surface area (Å²) < 4.78 is 0. The highest BCUT2D eigenvalue weighted by Gasteiger charge is 2.09. The molecule has 6 nitrogen and oxygen atoms in total. The van der Waals surface area contributed by atoms with E-state index in [2.05, 4.69) is 15.8 Å². The molecule has 1 unspecified atom stereocenters. The molecule has 0 fully saturated rings. The summed E-state index contributed by atoms with van der Waals surface area (Å²) in [7, 11) is 0. The minimum atomic E-state index is -0.366. The van der Waals surface area contributed by atoms with Crippen LogP contribution in [0.4, 0.5) is 10.5 Å². The third kappa shape index (κ3) is 4.50. The molecule has 0 saturated carbocycles. The van der Waals surface area contributed by atoms with Crippen LogP contribution < -0.4 is 16.4 Å². The summed E-state index contributed by atoms with van der Waals surface area (Å²) in [6.07, 6.45) is 0. The lowest BCUT2D eigenvalue weighted by Crippen LogP contribution is -2.36. The Bertz CT molecular complexity index is 433. The monoisotopic (exact) mass is 270 g/mol. The van der Waals surface area contributed by atoms with Crippen LogP contribution in [-0.2, 0) is 0 Å². The van der Waals surface area contributed by atoms with Gasteiger partial charge in [0.05, 0.1) is 0 Å². The number of oxime groups is 1. The zero-order valence-corrected chi connectivity index (χ0v) is 10.6. The first kappa shape index (κ1) is 14.1. The van der Waals surface area contributed by atoms with Crippen molar-refractivity contribution in [2.45, 2.75) is 6.92 Å². The molecular formula is C11H15ClN4O2. The van der Waals surface area contributed by atoms with E-state index < -0.39 is 0 Å². The fourth-order valence-corrected chi connectivity index (χ4v) is 1.28. The van der Waals surface area contributed by atoms with Crippen molar-refractivity contribution in [1.29, 1.82) is 0 Å². The average Bonchev–Trinajstić information content (AvgIpc) is 2.37. The van der Waals surface area contributed by atoms with Gasteiger partial charge in [-0.2, -0.15) is 0 Å². The van der Waals surface area contributed by atoms with E-state index in [-0.39, 0.29) is 24.3 Å². The summed E-state index contributed by atoms with van der Waals surface area (Å²) in [4.78, 5) is 11.5. The number of nitrogens with one attached hydrogen (secondary N) is 2. The fourth-order valence-electron chi connectivity index (χ4n) is 1.16. The van der Waals surface area contributed by atoms with Crippen LogP contribution in [-0.4, -0.2) is 23.6 Å². The van der Waals surface area contributed by atoms with E-state index in [9.17, 15) is 4.79 Å². The van der Waals surface area contributed by atoms with Crippen molar-refractivity contribution in [3.63, 3.8) is 0 Å². The third-order valence-electron chi connectivity index (χ3n) is 2.29. The van der Waals surface area contributed by atoms with Crippen LogP contribution in [0.25, 0.3) is 0 Å². The molecular weight excluding hydrogens is 256 g/mol. The van der Waals surface area contributed by atoms with Gasteiger partial charge in [-0.15, -0.1) is 0 Å². The number of hydrogen-bond acceptors (Lipinski definition) is 3. The molecule has 5 N–H and O–H groups in total. The highest BCUT2D eigenvalue weighted by molar-refractivity contribution is 6.30.